The van der Waals surface area contributed by atoms with Crippen molar-refractivity contribution < 1.29 is 24.3 Å². The lowest BCUT2D eigenvalue weighted by atomic mass is 9.82. The van der Waals surface area contributed by atoms with Gasteiger partial charge >= 0.3 is 0 Å². The van der Waals surface area contributed by atoms with Crippen LogP contribution in [-0.2, 0) is 19.1 Å². The predicted molar refractivity (Wildman–Crippen MR) is 124 cm³/mol. The molecule has 0 unspecified atom stereocenters. The van der Waals surface area contributed by atoms with Gasteiger partial charge in [-0.1, -0.05) is 49.4 Å². The molecule has 1 aliphatic rings. The average Bonchev–Trinajstić information content (AvgIpc) is 2.81. The number of nitrogens with one attached hydrogen (secondary N) is 2. The first-order chi connectivity index (χ1) is 15.5. The van der Waals surface area contributed by atoms with E-state index in [0.717, 1.165) is 31.2 Å². The molecular formula is C25H38N2O5. The minimum absolute atomic E-state index is 0.00341. The van der Waals surface area contributed by atoms with Crippen molar-refractivity contribution in [2.75, 3.05) is 20.0 Å². The second-order valence-electron chi connectivity index (χ2n) is 8.60. The highest BCUT2D eigenvalue weighted by atomic mass is 16.7. The van der Waals surface area contributed by atoms with E-state index in [1.165, 1.54) is 0 Å². The number of hydrogen-bond donors (Lipinski definition) is 3. The molecule has 1 aromatic rings. The summed E-state index contributed by atoms with van der Waals surface area (Å²) in [5.41, 5.74) is 2.80. The summed E-state index contributed by atoms with van der Waals surface area (Å²) < 4.78 is 10.8. The van der Waals surface area contributed by atoms with Crippen LogP contribution >= 0.6 is 0 Å². The quantitative estimate of drug-likeness (QED) is 0.185. The van der Waals surface area contributed by atoms with Crippen LogP contribution in [0.1, 0.15) is 57.9 Å². The number of hydrogen-bond acceptors (Lipinski definition) is 5. The molecule has 7 heteroatoms. The van der Waals surface area contributed by atoms with Crippen molar-refractivity contribution in [3.05, 3.63) is 42.0 Å². The molecule has 3 N–H and O–H groups in total. The second kappa shape index (κ2) is 14.8. The highest BCUT2D eigenvalue weighted by Gasteiger charge is 2.28. The molecule has 0 radical (unpaired) electrons. The van der Waals surface area contributed by atoms with Gasteiger partial charge in [0, 0.05) is 18.4 Å². The lowest BCUT2D eigenvalue weighted by Gasteiger charge is -2.28. The molecule has 0 spiro atoms. The van der Waals surface area contributed by atoms with Crippen LogP contribution in [0.4, 0.5) is 0 Å². The third-order valence-corrected chi connectivity index (χ3v) is 6.00. The van der Waals surface area contributed by atoms with Gasteiger partial charge in [-0.15, -0.1) is 0 Å². The number of rotatable bonds is 13. The average molecular weight is 447 g/mol. The first kappa shape index (κ1) is 26.0. The lowest BCUT2D eigenvalue weighted by Crippen LogP contribution is -2.45. The Labute approximate surface area is 191 Å². The summed E-state index contributed by atoms with van der Waals surface area (Å²) in [6.07, 6.45) is 8.54. The zero-order valence-corrected chi connectivity index (χ0v) is 19.3. The number of carbonyl (C=O) groups is 2. The summed E-state index contributed by atoms with van der Waals surface area (Å²) in [6, 6.07) is 9.45. The van der Waals surface area contributed by atoms with Crippen LogP contribution in [0, 0.1) is 17.8 Å². The molecule has 178 valence electrons. The maximum atomic E-state index is 12.9. The Hall–Kier alpha value is -2.22. The first-order valence-electron chi connectivity index (χ1n) is 11.6. The molecule has 7 nitrogen and oxygen atoms in total. The van der Waals surface area contributed by atoms with E-state index in [9.17, 15) is 14.8 Å². The van der Waals surface area contributed by atoms with Crippen molar-refractivity contribution in [3.8, 4) is 0 Å². The molecule has 1 aliphatic carbocycles. The molecule has 0 saturated heterocycles. The smallest absolute Gasteiger partial charge is 0.246 e. The minimum atomic E-state index is -0.507. The van der Waals surface area contributed by atoms with Crippen LogP contribution in [-0.4, -0.2) is 43.1 Å². The van der Waals surface area contributed by atoms with Crippen LogP contribution in [0.25, 0.3) is 6.08 Å². The fraction of sp³-hybridized carbons (Fsp3) is 0.600. The Balaban J connectivity index is 2.00. The fourth-order valence-electron chi connectivity index (χ4n) is 4.02. The summed E-state index contributed by atoms with van der Waals surface area (Å²) in [7, 11) is 0. The highest BCUT2D eigenvalue weighted by molar-refractivity contribution is 5.80. The summed E-state index contributed by atoms with van der Waals surface area (Å²) in [4.78, 5) is 25.2. The highest BCUT2D eigenvalue weighted by Crippen LogP contribution is 2.28. The molecule has 2 rings (SSSR count). The Kier molecular flexibility index (Phi) is 12.0. The van der Waals surface area contributed by atoms with Crippen molar-refractivity contribution in [1.29, 1.82) is 0 Å². The van der Waals surface area contributed by atoms with Crippen LogP contribution in [0.3, 0.4) is 0 Å². The van der Waals surface area contributed by atoms with Crippen LogP contribution in [0.2, 0.25) is 0 Å². The Morgan fingerprint density at radius 1 is 1.16 bits per heavy atom. The van der Waals surface area contributed by atoms with Crippen molar-refractivity contribution in [2.45, 2.75) is 58.4 Å². The van der Waals surface area contributed by atoms with Gasteiger partial charge in [-0.25, -0.2) is 5.48 Å². The van der Waals surface area contributed by atoms with E-state index in [2.05, 4.69) is 12.2 Å². The minimum Gasteiger partial charge on any atom is -0.356 e. The Morgan fingerprint density at radius 2 is 1.88 bits per heavy atom. The predicted octanol–water partition coefficient (Wildman–Crippen LogP) is 3.92. The van der Waals surface area contributed by atoms with E-state index in [1.807, 2.05) is 49.4 Å². The van der Waals surface area contributed by atoms with E-state index in [-0.39, 0.29) is 31.3 Å². The number of amides is 2. The molecule has 1 fully saturated rings. The van der Waals surface area contributed by atoms with Gasteiger partial charge < -0.3 is 14.8 Å². The maximum Gasteiger partial charge on any atom is 0.246 e. The van der Waals surface area contributed by atoms with Crippen LogP contribution < -0.4 is 10.8 Å². The topological polar surface area (TPSA) is 96.9 Å². The van der Waals surface area contributed by atoms with Gasteiger partial charge in [-0.2, -0.15) is 0 Å². The Morgan fingerprint density at radius 3 is 2.53 bits per heavy atom. The van der Waals surface area contributed by atoms with E-state index in [1.54, 1.807) is 5.48 Å². The fourth-order valence-corrected chi connectivity index (χ4v) is 4.02. The van der Waals surface area contributed by atoms with Crippen molar-refractivity contribution >= 4 is 17.9 Å². The normalized spacial score (nSPS) is 20.6. The maximum absolute atomic E-state index is 12.9. The summed E-state index contributed by atoms with van der Waals surface area (Å²) in [5, 5.41) is 12.3. The molecular weight excluding hydrogens is 408 g/mol. The SMILES string of the molecule is CCOCOC[C@H](C[C@H](C/C=C/c1ccccc1)C(=O)NO)NC(=O)C1CCC(C)CC1. The molecule has 0 bridgehead atoms. The molecule has 32 heavy (non-hydrogen) atoms. The van der Waals surface area contributed by atoms with Gasteiger partial charge in [0.15, 0.2) is 0 Å². The standard InChI is InChI=1S/C25H38N2O5/c1-3-31-18-32-17-23(26-24(28)21-14-12-19(2)13-15-21)16-22(25(29)27-30)11-7-10-20-8-5-4-6-9-20/h4-10,19,21-23,30H,3,11-18H2,1-2H3,(H,26,28)(H,27,29)/b10-7+/t19?,21?,22-,23-/m0/s1. The van der Waals surface area contributed by atoms with E-state index < -0.39 is 11.8 Å². The lowest BCUT2D eigenvalue weighted by molar-refractivity contribution is -0.135. The molecule has 2 atom stereocenters. The molecule has 0 aromatic heterocycles. The molecule has 0 aliphatic heterocycles. The second-order valence-corrected chi connectivity index (χ2v) is 8.60. The summed E-state index contributed by atoms with van der Waals surface area (Å²) >= 11 is 0. The van der Waals surface area contributed by atoms with Gasteiger partial charge in [-0.3, -0.25) is 14.8 Å². The summed E-state index contributed by atoms with van der Waals surface area (Å²) in [5.74, 6) is -0.294. The molecule has 2 amide bonds. The van der Waals surface area contributed by atoms with Gasteiger partial charge in [0.05, 0.1) is 12.6 Å². The van der Waals surface area contributed by atoms with E-state index in [4.69, 9.17) is 9.47 Å². The van der Waals surface area contributed by atoms with Gasteiger partial charge in [0.1, 0.15) is 6.79 Å². The number of allylic oxidation sites excluding steroid dienone is 1. The van der Waals surface area contributed by atoms with Crippen LogP contribution in [0.15, 0.2) is 36.4 Å². The molecule has 1 saturated carbocycles. The number of benzene rings is 1. The van der Waals surface area contributed by atoms with E-state index in [0.29, 0.717) is 25.4 Å². The van der Waals surface area contributed by atoms with Crippen LogP contribution in [0.5, 0.6) is 0 Å². The molecule has 1 aromatic carbocycles. The van der Waals surface area contributed by atoms with Gasteiger partial charge in [-0.05, 0) is 56.9 Å². The zero-order chi connectivity index (χ0) is 23.2. The third-order valence-electron chi connectivity index (χ3n) is 6.00. The van der Waals surface area contributed by atoms with Crippen molar-refractivity contribution in [1.82, 2.24) is 10.8 Å². The largest absolute Gasteiger partial charge is 0.356 e. The first-order valence-corrected chi connectivity index (χ1v) is 11.6. The van der Waals surface area contributed by atoms with Gasteiger partial charge in [0.25, 0.3) is 0 Å². The summed E-state index contributed by atoms with van der Waals surface area (Å²) in [6.45, 7) is 5.02. The van der Waals surface area contributed by atoms with Crippen molar-refractivity contribution in [3.63, 3.8) is 0 Å². The van der Waals surface area contributed by atoms with Crippen molar-refractivity contribution in [2.24, 2.45) is 17.8 Å². The van der Waals surface area contributed by atoms with E-state index >= 15 is 0 Å². The number of carbonyl (C=O) groups excluding carboxylic acids is 2. The monoisotopic (exact) mass is 446 g/mol. The van der Waals surface area contributed by atoms with Gasteiger partial charge in [0.2, 0.25) is 11.8 Å². The number of ether oxygens (including phenoxy) is 2. The Bertz CT molecular complexity index is 702. The number of hydroxylamine groups is 1. The third kappa shape index (κ3) is 9.51. The zero-order valence-electron chi connectivity index (χ0n) is 19.3. The molecule has 0 heterocycles.